The topological polar surface area (TPSA) is 106 Å². The molecule has 1 heterocycles. The zero-order chi connectivity index (χ0) is 13.9. The number of carbonyl (C=O) groups excluding carboxylic acids is 1. The normalized spacial score (nSPS) is 14.4. The van der Waals surface area contributed by atoms with Crippen LogP contribution in [0.1, 0.15) is 25.7 Å². The highest BCUT2D eigenvalue weighted by Gasteiger charge is 2.22. The fourth-order valence-corrected chi connectivity index (χ4v) is 2.03. The molecule has 0 saturated heterocycles. The van der Waals surface area contributed by atoms with Gasteiger partial charge in [-0.1, -0.05) is 0 Å². The van der Waals surface area contributed by atoms with Crippen molar-refractivity contribution in [2.24, 2.45) is 0 Å². The summed E-state index contributed by atoms with van der Waals surface area (Å²) in [4.78, 5) is 11.5. The Morgan fingerprint density at radius 3 is 2.95 bits per heavy atom. The molecule has 3 rings (SSSR count). The Morgan fingerprint density at radius 1 is 1.35 bits per heavy atom. The smallest absolute Gasteiger partial charge is 0.220 e. The number of hydrogen-bond donors (Lipinski definition) is 3. The number of aromatic nitrogens is 2. The number of nitrogens with one attached hydrogen (secondary N) is 2. The first-order valence-electron chi connectivity index (χ1n) is 6.78. The second-order valence-corrected chi connectivity index (χ2v) is 5.04. The molecule has 0 spiro atoms. The lowest BCUT2D eigenvalue weighted by Gasteiger charge is -2.07. The highest BCUT2D eigenvalue weighted by molar-refractivity contribution is 5.94. The van der Waals surface area contributed by atoms with Crippen LogP contribution in [0.4, 0.5) is 11.4 Å². The van der Waals surface area contributed by atoms with Gasteiger partial charge in [0.05, 0.1) is 11.4 Å². The van der Waals surface area contributed by atoms with Crippen LogP contribution in [0.15, 0.2) is 16.8 Å². The van der Waals surface area contributed by atoms with Gasteiger partial charge >= 0.3 is 0 Å². The van der Waals surface area contributed by atoms with E-state index in [4.69, 9.17) is 10.4 Å². The van der Waals surface area contributed by atoms with Crippen molar-refractivity contribution in [2.45, 2.75) is 31.7 Å². The van der Waals surface area contributed by atoms with Crippen LogP contribution in [0.3, 0.4) is 0 Å². The summed E-state index contributed by atoms with van der Waals surface area (Å²) >= 11 is 0. The zero-order valence-corrected chi connectivity index (χ0v) is 11.1. The van der Waals surface area contributed by atoms with Gasteiger partial charge in [0.2, 0.25) is 5.91 Å². The maximum absolute atomic E-state index is 11.5. The van der Waals surface area contributed by atoms with E-state index in [1.165, 1.54) is 0 Å². The van der Waals surface area contributed by atoms with E-state index >= 15 is 0 Å². The first-order chi connectivity index (χ1) is 9.74. The molecular weight excluding hydrogens is 258 g/mol. The maximum Gasteiger partial charge on any atom is 0.220 e. The van der Waals surface area contributed by atoms with Gasteiger partial charge in [-0.2, -0.15) is 0 Å². The van der Waals surface area contributed by atoms with Crippen molar-refractivity contribution in [1.82, 2.24) is 15.6 Å². The van der Waals surface area contributed by atoms with E-state index < -0.39 is 0 Å². The minimum absolute atomic E-state index is 0.125. The predicted molar refractivity (Wildman–Crippen MR) is 75.1 cm³/mol. The number of amides is 1. The van der Waals surface area contributed by atoms with Crippen LogP contribution in [-0.4, -0.2) is 28.8 Å². The number of carbonyl (C=O) groups is 1. The van der Waals surface area contributed by atoms with E-state index in [-0.39, 0.29) is 5.91 Å². The van der Waals surface area contributed by atoms with Crippen molar-refractivity contribution in [3.8, 4) is 0 Å². The molecule has 0 radical (unpaired) electrons. The molecule has 1 amide bonds. The van der Waals surface area contributed by atoms with E-state index in [2.05, 4.69) is 20.9 Å². The van der Waals surface area contributed by atoms with Gasteiger partial charge in [-0.05, 0) is 41.7 Å². The highest BCUT2D eigenvalue weighted by Crippen LogP contribution is 2.25. The Labute approximate surface area is 115 Å². The summed E-state index contributed by atoms with van der Waals surface area (Å²) in [5.41, 5.74) is 8.30. The largest absolute Gasteiger partial charge is 0.397 e. The van der Waals surface area contributed by atoms with Crippen molar-refractivity contribution in [3.05, 3.63) is 12.1 Å². The average molecular weight is 275 g/mol. The molecule has 1 fully saturated rings. The summed E-state index contributed by atoms with van der Waals surface area (Å²) in [6.45, 7) is 0.684. The van der Waals surface area contributed by atoms with Crippen LogP contribution in [0.25, 0.3) is 11.0 Å². The van der Waals surface area contributed by atoms with Gasteiger partial charge in [0.25, 0.3) is 0 Å². The molecule has 4 N–H and O–H groups in total. The first-order valence-corrected chi connectivity index (χ1v) is 6.78. The molecule has 1 aromatic carbocycles. The summed E-state index contributed by atoms with van der Waals surface area (Å²) in [7, 11) is 0. The van der Waals surface area contributed by atoms with Crippen molar-refractivity contribution >= 4 is 28.3 Å². The van der Waals surface area contributed by atoms with E-state index in [0.29, 0.717) is 35.7 Å². The van der Waals surface area contributed by atoms with Gasteiger partial charge in [-0.25, -0.2) is 4.63 Å². The molecule has 0 aliphatic heterocycles. The third kappa shape index (κ3) is 2.81. The van der Waals surface area contributed by atoms with Crippen LogP contribution in [0.2, 0.25) is 0 Å². The molecule has 0 bridgehead atoms. The lowest BCUT2D eigenvalue weighted by Crippen LogP contribution is -2.25. The van der Waals surface area contributed by atoms with Gasteiger partial charge in [0.1, 0.15) is 0 Å². The number of hydrogen-bond acceptors (Lipinski definition) is 6. The third-order valence-corrected chi connectivity index (χ3v) is 3.29. The molecule has 1 saturated carbocycles. The number of rotatable bonds is 6. The lowest BCUT2D eigenvalue weighted by molar-refractivity contribution is -0.121. The van der Waals surface area contributed by atoms with Gasteiger partial charge in [0, 0.05) is 19.0 Å². The molecule has 1 aliphatic rings. The van der Waals surface area contributed by atoms with Crippen LogP contribution in [0, 0.1) is 0 Å². The SMILES string of the molecule is Nc1ccc(NCCCC(=O)NC2CC2)c2nonc12. The minimum Gasteiger partial charge on any atom is -0.397 e. The Hall–Kier alpha value is -2.31. The fourth-order valence-electron chi connectivity index (χ4n) is 2.03. The highest BCUT2D eigenvalue weighted by atomic mass is 16.6. The molecule has 7 heteroatoms. The summed E-state index contributed by atoms with van der Waals surface area (Å²) in [5, 5.41) is 13.8. The van der Waals surface area contributed by atoms with Gasteiger partial charge in [0.15, 0.2) is 11.0 Å². The predicted octanol–water partition coefficient (Wildman–Crippen LogP) is 1.28. The second-order valence-electron chi connectivity index (χ2n) is 5.04. The minimum atomic E-state index is 0.125. The maximum atomic E-state index is 11.5. The third-order valence-electron chi connectivity index (χ3n) is 3.29. The van der Waals surface area contributed by atoms with Crippen molar-refractivity contribution in [2.75, 3.05) is 17.6 Å². The number of nitrogens with zero attached hydrogens (tertiary/aromatic N) is 2. The molecule has 1 aromatic heterocycles. The number of benzene rings is 1. The second kappa shape index (κ2) is 5.36. The van der Waals surface area contributed by atoms with Crippen LogP contribution in [-0.2, 0) is 4.79 Å². The molecule has 20 heavy (non-hydrogen) atoms. The Morgan fingerprint density at radius 2 is 2.15 bits per heavy atom. The Bertz CT molecular complexity index is 620. The van der Waals surface area contributed by atoms with Crippen LogP contribution >= 0.6 is 0 Å². The fraction of sp³-hybridized carbons (Fsp3) is 0.462. The first kappa shape index (κ1) is 12.7. The summed E-state index contributed by atoms with van der Waals surface area (Å²) in [5.74, 6) is 0.125. The number of nitrogens with two attached hydrogens (primary N) is 1. The quantitative estimate of drug-likeness (QED) is 0.541. The van der Waals surface area contributed by atoms with E-state index in [0.717, 1.165) is 24.9 Å². The van der Waals surface area contributed by atoms with Crippen molar-refractivity contribution in [1.29, 1.82) is 0 Å². The van der Waals surface area contributed by atoms with Crippen molar-refractivity contribution in [3.63, 3.8) is 0 Å². The molecule has 0 atom stereocenters. The molecule has 7 nitrogen and oxygen atoms in total. The van der Waals surface area contributed by atoms with E-state index in [9.17, 15) is 4.79 Å². The Kier molecular flexibility index (Phi) is 3.41. The van der Waals surface area contributed by atoms with Crippen LogP contribution in [0.5, 0.6) is 0 Å². The number of fused-ring (bicyclic) bond motifs is 1. The van der Waals surface area contributed by atoms with E-state index in [1.807, 2.05) is 6.07 Å². The Balaban J connectivity index is 1.50. The van der Waals surface area contributed by atoms with Gasteiger partial charge in [-0.3, -0.25) is 4.79 Å². The van der Waals surface area contributed by atoms with Gasteiger partial charge < -0.3 is 16.4 Å². The number of anilines is 2. The lowest BCUT2D eigenvalue weighted by atomic mass is 10.2. The van der Waals surface area contributed by atoms with Crippen molar-refractivity contribution < 1.29 is 9.42 Å². The molecule has 2 aromatic rings. The molecular formula is C13H17N5O2. The average Bonchev–Trinajstić information content (AvgIpc) is 3.09. The van der Waals surface area contributed by atoms with Crippen LogP contribution < -0.4 is 16.4 Å². The molecule has 0 unspecified atom stereocenters. The zero-order valence-electron chi connectivity index (χ0n) is 11.1. The molecule has 1 aliphatic carbocycles. The summed E-state index contributed by atoms with van der Waals surface area (Å²) in [6.07, 6.45) is 3.52. The monoisotopic (exact) mass is 275 g/mol. The van der Waals surface area contributed by atoms with E-state index in [1.54, 1.807) is 6.07 Å². The summed E-state index contributed by atoms with van der Waals surface area (Å²) < 4.78 is 4.70. The molecule has 106 valence electrons. The number of nitrogen functional groups attached to an aromatic ring is 1. The summed E-state index contributed by atoms with van der Waals surface area (Å²) in [6, 6.07) is 4.02. The van der Waals surface area contributed by atoms with Gasteiger partial charge in [-0.15, -0.1) is 0 Å². The standard InChI is InChI=1S/C13H17N5O2/c14-9-5-6-10(13-12(9)17-20-18-13)15-7-1-2-11(19)16-8-3-4-8/h5-6,8,15H,1-4,7,14H2,(H,16,19).